The van der Waals surface area contributed by atoms with Gasteiger partial charge in [-0.2, -0.15) is 4.68 Å². The van der Waals surface area contributed by atoms with Gasteiger partial charge in [-0.3, -0.25) is 9.78 Å². The molecule has 1 atom stereocenters. The largest absolute Gasteiger partial charge is 0.437 e. The van der Waals surface area contributed by atoms with Crippen molar-refractivity contribution in [3.05, 3.63) is 35.1 Å². The number of hydrogen-bond acceptors (Lipinski definition) is 5. The van der Waals surface area contributed by atoms with Crippen LogP contribution in [0, 0.1) is 0 Å². The predicted octanol–water partition coefficient (Wildman–Crippen LogP) is 0.813. The fourth-order valence-corrected chi connectivity index (χ4v) is 1.57. The Morgan fingerprint density at radius 2 is 2.35 bits per heavy atom. The molecule has 2 rings (SSSR count). The van der Waals surface area contributed by atoms with Crippen molar-refractivity contribution >= 4 is 5.91 Å². The standard InChI is InChI=1S/C13H16N4O3/c1-3-9(2)15-11(18)8-17-13(19)20-12(16-17)10-5-4-6-14-7-10/h4-7,9H,3,8H2,1-2H3,(H,15,18). The quantitative estimate of drug-likeness (QED) is 0.872. The molecule has 2 aromatic rings. The monoisotopic (exact) mass is 276 g/mol. The van der Waals surface area contributed by atoms with E-state index in [0.29, 0.717) is 5.56 Å². The SMILES string of the molecule is CCC(C)NC(=O)Cn1nc(-c2cccnc2)oc1=O. The molecule has 0 saturated carbocycles. The first-order valence-electron chi connectivity index (χ1n) is 6.38. The van der Waals surface area contributed by atoms with Crippen molar-refractivity contribution in [3.8, 4) is 11.5 Å². The van der Waals surface area contributed by atoms with E-state index in [1.54, 1.807) is 18.3 Å². The topological polar surface area (TPSA) is 90.0 Å². The van der Waals surface area contributed by atoms with E-state index in [1.165, 1.54) is 6.20 Å². The average molecular weight is 276 g/mol. The second kappa shape index (κ2) is 6.14. The zero-order valence-electron chi connectivity index (χ0n) is 11.4. The Morgan fingerprint density at radius 1 is 1.55 bits per heavy atom. The van der Waals surface area contributed by atoms with Crippen LogP contribution in [0.1, 0.15) is 20.3 Å². The lowest BCUT2D eigenvalue weighted by Gasteiger charge is -2.10. The zero-order valence-corrected chi connectivity index (χ0v) is 11.4. The highest BCUT2D eigenvalue weighted by Gasteiger charge is 2.14. The van der Waals surface area contributed by atoms with E-state index in [4.69, 9.17) is 4.42 Å². The molecule has 0 fully saturated rings. The van der Waals surface area contributed by atoms with Crippen LogP contribution in [-0.4, -0.2) is 26.7 Å². The lowest BCUT2D eigenvalue weighted by atomic mass is 10.2. The molecule has 0 spiro atoms. The summed E-state index contributed by atoms with van der Waals surface area (Å²) in [5.74, 6) is -0.782. The molecule has 0 radical (unpaired) electrons. The number of amides is 1. The maximum atomic E-state index is 11.7. The Labute approximate surface area is 115 Å². The third-order valence-corrected chi connectivity index (χ3v) is 2.83. The Bertz CT molecular complexity index is 633. The Balaban J connectivity index is 2.13. The summed E-state index contributed by atoms with van der Waals surface area (Å²) in [5.41, 5.74) is 0.589. The van der Waals surface area contributed by atoms with Crippen LogP contribution >= 0.6 is 0 Å². The number of rotatable bonds is 5. The van der Waals surface area contributed by atoms with Gasteiger partial charge in [0, 0.05) is 18.4 Å². The number of nitrogens with zero attached hydrogens (tertiary/aromatic N) is 3. The number of hydrogen-bond donors (Lipinski definition) is 1. The van der Waals surface area contributed by atoms with Crippen LogP contribution in [0.25, 0.3) is 11.5 Å². The van der Waals surface area contributed by atoms with Crippen LogP contribution in [0.5, 0.6) is 0 Å². The van der Waals surface area contributed by atoms with Gasteiger partial charge in [0.05, 0.1) is 5.56 Å². The van der Waals surface area contributed by atoms with Gasteiger partial charge in [0.2, 0.25) is 5.91 Å². The molecule has 7 heteroatoms. The van der Waals surface area contributed by atoms with Gasteiger partial charge in [0.15, 0.2) is 0 Å². The van der Waals surface area contributed by atoms with Gasteiger partial charge in [-0.25, -0.2) is 4.79 Å². The number of carbonyl (C=O) groups is 1. The van der Waals surface area contributed by atoms with E-state index in [1.807, 2.05) is 13.8 Å². The molecule has 0 aliphatic heterocycles. The number of carbonyl (C=O) groups excluding carboxylic acids is 1. The van der Waals surface area contributed by atoms with Crippen LogP contribution < -0.4 is 11.1 Å². The number of pyridine rings is 1. The maximum absolute atomic E-state index is 11.7. The van der Waals surface area contributed by atoms with Crippen LogP contribution in [-0.2, 0) is 11.3 Å². The first-order valence-corrected chi connectivity index (χ1v) is 6.38. The molecule has 1 N–H and O–H groups in total. The third-order valence-electron chi connectivity index (χ3n) is 2.83. The highest BCUT2D eigenvalue weighted by atomic mass is 16.4. The molecule has 2 heterocycles. The predicted molar refractivity (Wildman–Crippen MR) is 71.9 cm³/mol. The van der Waals surface area contributed by atoms with E-state index in [0.717, 1.165) is 11.1 Å². The van der Waals surface area contributed by atoms with Gasteiger partial charge in [-0.15, -0.1) is 5.10 Å². The van der Waals surface area contributed by atoms with Gasteiger partial charge < -0.3 is 9.73 Å². The van der Waals surface area contributed by atoms with Crippen molar-refractivity contribution < 1.29 is 9.21 Å². The number of aromatic nitrogens is 3. The molecule has 0 aliphatic carbocycles. The molecule has 1 amide bonds. The lowest BCUT2D eigenvalue weighted by molar-refractivity contribution is -0.122. The normalized spacial score (nSPS) is 12.1. The first-order chi connectivity index (χ1) is 9.60. The second-order valence-corrected chi connectivity index (χ2v) is 4.45. The third kappa shape index (κ3) is 3.31. The summed E-state index contributed by atoms with van der Waals surface area (Å²) in [5, 5.41) is 6.75. The highest BCUT2D eigenvalue weighted by Crippen LogP contribution is 2.12. The van der Waals surface area contributed by atoms with Gasteiger partial charge in [-0.1, -0.05) is 6.92 Å². The summed E-state index contributed by atoms with van der Waals surface area (Å²) in [6.07, 6.45) is 3.97. The average Bonchev–Trinajstić information content (AvgIpc) is 2.81. The van der Waals surface area contributed by atoms with E-state index in [-0.39, 0.29) is 24.4 Å². The van der Waals surface area contributed by atoms with E-state index in [2.05, 4.69) is 15.4 Å². The smallest absolute Gasteiger partial charge is 0.388 e. The van der Waals surface area contributed by atoms with Crippen molar-refractivity contribution in [2.45, 2.75) is 32.9 Å². The fraction of sp³-hybridized carbons (Fsp3) is 0.385. The minimum Gasteiger partial charge on any atom is -0.388 e. The minimum atomic E-state index is -0.664. The maximum Gasteiger partial charge on any atom is 0.437 e. The van der Waals surface area contributed by atoms with Crippen molar-refractivity contribution in [3.63, 3.8) is 0 Å². The van der Waals surface area contributed by atoms with Crippen LogP contribution in [0.2, 0.25) is 0 Å². The molecule has 1 unspecified atom stereocenters. The van der Waals surface area contributed by atoms with Crippen molar-refractivity contribution in [2.24, 2.45) is 0 Å². The molecule has 0 saturated heterocycles. The molecule has 2 aromatic heterocycles. The summed E-state index contributed by atoms with van der Waals surface area (Å²) >= 11 is 0. The molecule has 106 valence electrons. The molecule has 7 nitrogen and oxygen atoms in total. The molecular formula is C13H16N4O3. The Morgan fingerprint density at radius 3 is 3.00 bits per heavy atom. The first kappa shape index (κ1) is 14.0. The molecule has 20 heavy (non-hydrogen) atoms. The number of nitrogens with one attached hydrogen (secondary N) is 1. The molecular weight excluding hydrogens is 260 g/mol. The van der Waals surface area contributed by atoms with Crippen LogP contribution in [0.4, 0.5) is 0 Å². The molecule has 0 bridgehead atoms. The Hall–Kier alpha value is -2.44. The van der Waals surface area contributed by atoms with Gasteiger partial charge in [0.1, 0.15) is 6.54 Å². The summed E-state index contributed by atoms with van der Waals surface area (Å²) in [6, 6.07) is 3.49. The van der Waals surface area contributed by atoms with E-state index < -0.39 is 5.76 Å². The zero-order chi connectivity index (χ0) is 14.5. The summed E-state index contributed by atoms with van der Waals surface area (Å²) in [6.45, 7) is 3.70. The van der Waals surface area contributed by atoms with Crippen molar-refractivity contribution in [1.82, 2.24) is 20.1 Å². The molecule has 0 aliphatic rings. The summed E-state index contributed by atoms with van der Waals surface area (Å²) in [4.78, 5) is 27.3. The summed E-state index contributed by atoms with van der Waals surface area (Å²) < 4.78 is 6.01. The summed E-state index contributed by atoms with van der Waals surface area (Å²) in [7, 11) is 0. The van der Waals surface area contributed by atoms with Crippen molar-refractivity contribution in [1.29, 1.82) is 0 Å². The van der Waals surface area contributed by atoms with Crippen LogP contribution in [0.15, 0.2) is 33.7 Å². The fourth-order valence-electron chi connectivity index (χ4n) is 1.57. The minimum absolute atomic E-state index is 0.0582. The van der Waals surface area contributed by atoms with Gasteiger partial charge in [-0.05, 0) is 25.5 Å². The van der Waals surface area contributed by atoms with Crippen LogP contribution in [0.3, 0.4) is 0 Å². The van der Waals surface area contributed by atoms with E-state index >= 15 is 0 Å². The second-order valence-electron chi connectivity index (χ2n) is 4.45. The Kier molecular flexibility index (Phi) is 4.29. The molecule has 0 aromatic carbocycles. The van der Waals surface area contributed by atoms with E-state index in [9.17, 15) is 9.59 Å². The lowest BCUT2D eigenvalue weighted by Crippen LogP contribution is -2.36. The van der Waals surface area contributed by atoms with Gasteiger partial charge in [0.25, 0.3) is 5.89 Å². The van der Waals surface area contributed by atoms with Crippen molar-refractivity contribution in [2.75, 3.05) is 0 Å². The van der Waals surface area contributed by atoms with Gasteiger partial charge >= 0.3 is 5.76 Å². The highest BCUT2D eigenvalue weighted by molar-refractivity contribution is 5.75.